The van der Waals surface area contributed by atoms with Gasteiger partial charge in [0.25, 0.3) is 10.0 Å². The van der Waals surface area contributed by atoms with Gasteiger partial charge in [0.1, 0.15) is 6.61 Å². The number of carbonyl (C=O) groups is 1. The summed E-state index contributed by atoms with van der Waals surface area (Å²) < 4.78 is 50.4. The second-order valence-corrected chi connectivity index (χ2v) is 8.25. The van der Waals surface area contributed by atoms with Crippen molar-refractivity contribution in [3.8, 4) is 0 Å². The molecule has 0 aliphatic heterocycles. The molecule has 0 amide bonds. The summed E-state index contributed by atoms with van der Waals surface area (Å²) >= 11 is 0. The number of sulfonamides is 1. The predicted molar refractivity (Wildman–Crippen MR) is 71.3 cm³/mol. The first-order valence-corrected chi connectivity index (χ1v) is 8.41. The molecule has 0 saturated heterocycles. The number of ether oxygens (including phenoxy) is 1. The van der Waals surface area contributed by atoms with Gasteiger partial charge < -0.3 is 4.74 Å². The monoisotopic (exact) mass is 311 g/mol. The maximum atomic E-state index is 11.8. The highest BCUT2D eigenvalue weighted by atomic mass is 32.3. The number of rotatable bonds is 7. The number of hydrogen-bond donors (Lipinski definition) is 0. The minimum atomic E-state index is -4.18. The van der Waals surface area contributed by atoms with E-state index in [9.17, 15) is 21.6 Å². The number of sulfone groups is 1. The van der Waals surface area contributed by atoms with Crippen LogP contribution in [0.25, 0.3) is 0 Å². The molecule has 0 rings (SSSR count). The maximum absolute atomic E-state index is 11.8. The molecule has 0 spiro atoms. The van der Waals surface area contributed by atoms with Crippen molar-refractivity contribution in [3.05, 3.63) is 23.0 Å². The van der Waals surface area contributed by atoms with Crippen LogP contribution in [0.15, 0.2) is 23.0 Å². The van der Waals surface area contributed by atoms with Gasteiger partial charge in [-0.2, -0.15) is 4.31 Å². The second-order valence-electron chi connectivity index (χ2n) is 3.89. The molecule has 9 heteroatoms. The molecule has 19 heavy (non-hydrogen) atoms. The van der Waals surface area contributed by atoms with Crippen LogP contribution in [0.2, 0.25) is 0 Å². The Hall–Kier alpha value is -1.19. The van der Waals surface area contributed by atoms with Gasteiger partial charge in [-0.25, -0.2) is 21.6 Å². The lowest BCUT2D eigenvalue weighted by molar-refractivity contribution is -0.139. The van der Waals surface area contributed by atoms with E-state index < -0.39 is 30.1 Å². The SMILES string of the molecule is C=C(C)C(=O)OCCN(C)S(=O)(=O)C(=C)S(C)(=O)=O. The first-order chi connectivity index (χ1) is 8.40. The number of carbonyl (C=O) groups excluding carboxylic acids is 1. The number of hydrogen-bond acceptors (Lipinski definition) is 6. The Kier molecular flexibility index (Phi) is 5.91. The van der Waals surface area contributed by atoms with Crippen molar-refractivity contribution < 1.29 is 26.4 Å². The third-order valence-corrected chi connectivity index (χ3v) is 6.05. The summed E-state index contributed by atoms with van der Waals surface area (Å²) in [5, 5.41) is 0. The maximum Gasteiger partial charge on any atom is 0.333 e. The molecule has 0 aliphatic rings. The Morgan fingerprint density at radius 3 is 2.05 bits per heavy atom. The zero-order chi connectivity index (χ0) is 15.4. The van der Waals surface area contributed by atoms with E-state index in [0.29, 0.717) is 0 Å². The Balaban J connectivity index is 4.68. The first kappa shape index (κ1) is 17.8. The Labute approximate surface area is 113 Å². The van der Waals surface area contributed by atoms with E-state index in [-0.39, 0.29) is 18.7 Å². The van der Waals surface area contributed by atoms with E-state index >= 15 is 0 Å². The Morgan fingerprint density at radius 1 is 1.21 bits per heavy atom. The van der Waals surface area contributed by atoms with E-state index in [1.165, 1.54) is 14.0 Å². The zero-order valence-electron chi connectivity index (χ0n) is 11.0. The highest BCUT2D eigenvalue weighted by Crippen LogP contribution is 2.14. The van der Waals surface area contributed by atoms with Crippen molar-refractivity contribution in [1.29, 1.82) is 0 Å². The molecule has 0 radical (unpaired) electrons. The van der Waals surface area contributed by atoms with Crippen molar-refractivity contribution in [2.45, 2.75) is 6.92 Å². The Morgan fingerprint density at radius 2 is 1.68 bits per heavy atom. The van der Waals surface area contributed by atoms with Gasteiger partial charge in [0.2, 0.25) is 0 Å². The molecule has 0 fully saturated rings. The van der Waals surface area contributed by atoms with Gasteiger partial charge in [-0.05, 0) is 6.92 Å². The summed E-state index contributed by atoms with van der Waals surface area (Å²) in [6.45, 7) is 7.47. The van der Waals surface area contributed by atoms with E-state index in [1.54, 1.807) is 0 Å². The topological polar surface area (TPSA) is 97.8 Å². The first-order valence-electron chi connectivity index (χ1n) is 5.08. The standard InChI is InChI=1S/C10H17NO6S2/c1-8(2)10(12)17-7-6-11(4)19(15,16)9(3)18(5,13)14/h1,3,6-7H2,2,4-5H3. The minimum absolute atomic E-state index is 0.185. The van der Waals surface area contributed by atoms with Gasteiger partial charge >= 0.3 is 5.97 Å². The van der Waals surface area contributed by atoms with Gasteiger partial charge in [0.15, 0.2) is 14.1 Å². The van der Waals surface area contributed by atoms with Crippen molar-refractivity contribution in [2.75, 3.05) is 26.5 Å². The number of esters is 1. The molecule has 0 aromatic carbocycles. The third-order valence-electron chi connectivity index (χ3n) is 2.10. The molecular weight excluding hydrogens is 294 g/mol. The molecule has 0 bridgehead atoms. The van der Waals surface area contributed by atoms with Crippen molar-refractivity contribution >= 4 is 25.8 Å². The normalized spacial score (nSPS) is 12.2. The van der Waals surface area contributed by atoms with E-state index in [0.717, 1.165) is 10.6 Å². The van der Waals surface area contributed by atoms with Crippen LogP contribution in [0.1, 0.15) is 6.92 Å². The molecular formula is C10H17NO6S2. The summed E-state index contributed by atoms with van der Waals surface area (Å²) in [6.07, 6.45) is 0.752. The lowest BCUT2D eigenvalue weighted by Gasteiger charge is -2.17. The number of nitrogens with zero attached hydrogens (tertiary/aromatic N) is 1. The highest BCUT2D eigenvalue weighted by Gasteiger charge is 2.29. The lowest BCUT2D eigenvalue weighted by atomic mass is 10.4. The predicted octanol–water partition coefficient (Wildman–Crippen LogP) is -0.117. The fourth-order valence-corrected chi connectivity index (χ4v) is 3.45. The summed E-state index contributed by atoms with van der Waals surface area (Å²) in [7, 11) is -6.92. The zero-order valence-corrected chi connectivity index (χ0v) is 12.7. The molecule has 0 aromatic rings. The van der Waals surface area contributed by atoms with Crippen LogP contribution in [0.5, 0.6) is 0 Å². The average Bonchev–Trinajstić information content (AvgIpc) is 2.25. The van der Waals surface area contributed by atoms with Crippen LogP contribution < -0.4 is 0 Å². The van der Waals surface area contributed by atoms with Gasteiger partial charge in [-0.1, -0.05) is 13.2 Å². The smallest absolute Gasteiger partial charge is 0.333 e. The highest BCUT2D eigenvalue weighted by molar-refractivity contribution is 8.13. The molecule has 110 valence electrons. The molecule has 0 aromatic heterocycles. The average molecular weight is 311 g/mol. The van der Waals surface area contributed by atoms with Crippen LogP contribution in [0.3, 0.4) is 0 Å². The largest absolute Gasteiger partial charge is 0.461 e. The van der Waals surface area contributed by atoms with Crippen LogP contribution in [-0.2, 0) is 29.4 Å². The van der Waals surface area contributed by atoms with E-state index in [2.05, 4.69) is 13.2 Å². The van der Waals surface area contributed by atoms with Crippen LogP contribution in [0.4, 0.5) is 0 Å². The fourth-order valence-electron chi connectivity index (χ4n) is 0.875. The van der Waals surface area contributed by atoms with Gasteiger partial charge in [0, 0.05) is 25.4 Å². The lowest BCUT2D eigenvalue weighted by Crippen LogP contribution is -2.33. The van der Waals surface area contributed by atoms with Crippen molar-refractivity contribution in [2.24, 2.45) is 0 Å². The molecule has 0 unspecified atom stereocenters. The molecule has 0 atom stereocenters. The summed E-state index contributed by atoms with van der Waals surface area (Å²) in [4.78, 5) is 11.1. The molecule has 7 nitrogen and oxygen atoms in total. The van der Waals surface area contributed by atoms with Gasteiger partial charge in [-0.15, -0.1) is 0 Å². The number of likely N-dealkylation sites (N-methyl/N-ethyl adjacent to an activating group) is 1. The Bertz CT molecular complexity index is 588. The summed E-state index contributed by atoms with van der Waals surface area (Å²) in [6, 6.07) is 0. The summed E-state index contributed by atoms with van der Waals surface area (Å²) in [5.41, 5.74) is 0.186. The van der Waals surface area contributed by atoms with Crippen molar-refractivity contribution in [3.63, 3.8) is 0 Å². The van der Waals surface area contributed by atoms with Crippen molar-refractivity contribution in [1.82, 2.24) is 4.31 Å². The van der Waals surface area contributed by atoms with Crippen LogP contribution in [0, 0.1) is 0 Å². The van der Waals surface area contributed by atoms with E-state index in [1.807, 2.05) is 0 Å². The minimum Gasteiger partial charge on any atom is -0.461 e. The van der Waals surface area contributed by atoms with Gasteiger partial charge in [-0.3, -0.25) is 0 Å². The third kappa shape index (κ3) is 5.13. The van der Waals surface area contributed by atoms with E-state index in [4.69, 9.17) is 4.74 Å². The summed E-state index contributed by atoms with van der Waals surface area (Å²) in [5.74, 6) is -0.646. The fraction of sp³-hybridized carbons (Fsp3) is 0.500. The van der Waals surface area contributed by atoms with Gasteiger partial charge in [0.05, 0.1) is 0 Å². The van der Waals surface area contributed by atoms with Crippen LogP contribution in [-0.4, -0.2) is 53.6 Å². The molecule has 0 saturated carbocycles. The molecule has 0 aliphatic carbocycles. The van der Waals surface area contributed by atoms with Crippen LogP contribution >= 0.6 is 0 Å². The quantitative estimate of drug-likeness (QED) is 0.480. The molecule has 0 heterocycles. The molecule has 0 N–H and O–H groups in total. The second kappa shape index (κ2) is 6.31.